The number of aromatic nitrogens is 3. The summed E-state index contributed by atoms with van der Waals surface area (Å²) >= 11 is -3.81. The summed E-state index contributed by atoms with van der Waals surface area (Å²) in [5.41, 5.74) is 12.7. The molecule has 0 spiro atoms. The number of rotatable bonds is 9. The van der Waals surface area contributed by atoms with Crippen molar-refractivity contribution >= 4 is 107 Å². The van der Waals surface area contributed by atoms with E-state index in [0.29, 0.717) is 6.67 Å². The Morgan fingerprint density at radius 3 is 1.51 bits per heavy atom. The van der Waals surface area contributed by atoms with E-state index in [9.17, 15) is 0 Å². The van der Waals surface area contributed by atoms with Crippen molar-refractivity contribution < 1.29 is 4.74 Å². The predicted molar refractivity (Wildman–Crippen MR) is 384 cm³/mol. The quantitative estimate of drug-likeness (QED) is 0.135. The fourth-order valence-corrected chi connectivity index (χ4v) is 24.4. The zero-order valence-electron chi connectivity index (χ0n) is 52.9. The standard InChI is InChI=1S/C84H74GeN4O/c1-82(2,3)57-42-45-76-75(51-57)72-44-43-66(54-78(72)89(76)79-52-58(46-47-86-79)83(4,5)6)90-65-33-23-32-64(53-65)87-55-88-80-67(38-24-39-73(80)70-36-21-19-34-68(70)69-35-20-22-37-71(69)74-40-25-41-77(87)81(74)88)56-48-59(84(7,8)9)50-63(49-56)85(60-26-13-10-14-27-60,61-28-15-11-16-29-61)62-30-17-12-18-31-62/h10-54H,55H2,1-9H3. The van der Waals surface area contributed by atoms with Gasteiger partial charge in [0.25, 0.3) is 0 Å². The van der Waals surface area contributed by atoms with Crippen molar-refractivity contribution in [2.24, 2.45) is 0 Å². The number of ether oxygens (including phenoxy) is 1. The van der Waals surface area contributed by atoms with Crippen molar-refractivity contribution in [3.63, 3.8) is 0 Å². The van der Waals surface area contributed by atoms with Crippen LogP contribution in [-0.2, 0) is 22.9 Å². The molecule has 1 aliphatic heterocycles. The third-order valence-corrected chi connectivity index (χ3v) is 28.8. The summed E-state index contributed by atoms with van der Waals surface area (Å²) in [5, 5.41) is 9.56. The predicted octanol–water partition coefficient (Wildman–Crippen LogP) is 19.6. The second-order valence-corrected chi connectivity index (χ2v) is 35.6. The van der Waals surface area contributed by atoms with Crippen molar-refractivity contribution in [1.82, 2.24) is 14.1 Å². The molecular formula is C84H74GeN4O. The van der Waals surface area contributed by atoms with Gasteiger partial charge in [0, 0.05) is 23.0 Å². The average Bonchev–Trinajstić information content (AvgIpc) is 1.36. The number of anilines is 2. The molecular weight excluding hydrogens is 1150 g/mol. The van der Waals surface area contributed by atoms with E-state index in [1.54, 1.807) is 0 Å². The van der Waals surface area contributed by atoms with E-state index in [1.165, 1.54) is 94.1 Å². The molecule has 0 fully saturated rings. The summed E-state index contributed by atoms with van der Waals surface area (Å²) in [6.07, 6.45) is 1.95. The van der Waals surface area contributed by atoms with E-state index in [0.717, 1.165) is 45.1 Å². The van der Waals surface area contributed by atoms with Gasteiger partial charge in [-0.25, -0.2) is 4.98 Å². The first kappa shape index (κ1) is 56.8. The number of pyridine rings is 1. The third kappa shape index (κ3) is 9.64. The summed E-state index contributed by atoms with van der Waals surface area (Å²) in [6.45, 7) is 21.3. The number of fused-ring (bicyclic) bond motifs is 10. The van der Waals surface area contributed by atoms with Crippen LogP contribution in [0.2, 0.25) is 0 Å². The summed E-state index contributed by atoms with van der Waals surface area (Å²) < 4.78 is 17.6. The number of benzene rings is 11. The molecule has 0 atom stereocenters. The Bertz CT molecular complexity index is 5100. The molecule has 1 aliphatic rings. The maximum atomic E-state index is 7.09. The van der Waals surface area contributed by atoms with Crippen molar-refractivity contribution in [3.05, 3.63) is 290 Å². The van der Waals surface area contributed by atoms with E-state index in [4.69, 9.17) is 9.72 Å². The van der Waals surface area contributed by atoms with E-state index in [1.807, 2.05) is 6.20 Å². The van der Waals surface area contributed by atoms with Crippen LogP contribution in [0.15, 0.2) is 273 Å². The molecule has 0 saturated carbocycles. The van der Waals surface area contributed by atoms with Gasteiger partial charge in [0.15, 0.2) is 0 Å². The Kier molecular flexibility index (Phi) is 13.8. The molecule has 11 aromatic carbocycles. The Morgan fingerprint density at radius 1 is 0.367 bits per heavy atom. The normalized spacial score (nSPS) is 12.9. The van der Waals surface area contributed by atoms with Crippen LogP contribution in [0.25, 0.3) is 82.1 Å². The minimum atomic E-state index is -3.81. The monoisotopic (exact) mass is 1230 g/mol. The molecule has 4 heterocycles. The van der Waals surface area contributed by atoms with Gasteiger partial charge in [0.1, 0.15) is 11.6 Å². The van der Waals surface area contributed by atoms with Crippen molar-refractivity contribution in [3.8, 4) is 28.4 Å². The number of hydrogen-bond acceptors (Lipinski definition) is 3. The number of para-hydroxylation sites is 2. The molecule has 3 aromatic heterocycles. The number of nitrogens with zero attached hydrogens (tertiary/aromatic N) is 4. The second kappa shape index (κ2) is 21.8. The first-order valence-electron chi connectivity index (χ1n) is 31.7. The summed E-state index contributed by atoms with van der Waals surface area (Å²) in [7, 11) is 0. The van der Waals surface area contributed by atoms with Crippen LogP contribution in [0.1, 0.15) is 79.0 Å². The molecule has 5 nitrogen and oxygen atoms in total. The van der Waals surface area contributed by atoms with Crippen molar-refractivity contribution in [2.45, 2.75) is 85.2 Å². The number of hydrogen-bond donors (Lipinski definition) is 0. The maximum absolute atomic E-state index is 7.09. The molecule has 6 heteroatoms. The van der Waals surface area contributed by atoms with E-state index in [-0.39, 0.29) is 16.2 Å². The molecule has 440 valence electrons. The van der Waals surface area contributed by atoms with E-state index in [2.05, 4.69) is 343 Å². The van der Waals surface area contributed by atoms with Gasteiger partial charge >= 0.3 is 373 Å². The molecule has 0 radical (unpaired) electrons. The average molecular weight is 1230 g/mol. The van der Waals surface area contributed by atoms with Crippen LogP contribution in [0.3, 0.4) is 0 Å². The van der Waals surface area contributed by atoms with Crippen LogP contribution < -0.4 is 27.2 Å². The molecule has 0 amide bonds. The van der Waals surface area contributed by atoms with Crippen LogP contribution >= 0.6 is 0 Å². The van der Waals surface area contributed by atoms with Gasteiger partial charge < -0.3 is 0 Å². The summed E-state index contributed by atoms with van der Waals surface area (Å²) in [4.78, 5) is 7.52. The van der Waals surface area contributed by atoms with Gasteiger partial charge in [-0.05, 0) is 58.4 Å². The summed E-state index contributed by atoms with van der Waals surface area (Å²) in [5.74, 6) is 2.40. The van der Waals surface area contributed by atoms with Crippen LogP contribution in [-0.4, -0.2) is 27.4 Å². The topological polar surface area (TPSA) is 35.2 Å². The molecule has 0 N–H and O–H groups in total. The first-order chi connectivity index (χ1) is 43.5. The van der Waals surface area contributed by atoms with Gasteiger partial charge in [-0.15, -0.1) is 0 Å². The molecule has 0 aliphatic carbocycles. The molecule has 0 saturated heterocycles. The zero-order chi connectivity index (χ0) is 61.7. The molecule has 15 rings (SSSR count). The second-order valence-electron chi connectivity index (χ2n) is 27.6. The van der Waals surface area contributed by atoms with Crippen LogP contribution in [0.5, 0.6) is 11.5 Å². The van der Waals surface area contributed by atoms with Gasteiger partial charge in [-0.3, -0.25) is 4.57 Å². The van der Waals surface area contributed by atoms with Gasteiger partial charge in [-0.1, -0.05) is 47.6 Å². The molecule has 90 heavy (non-hydrogen) atoms. The van der Waals surface area contributed by atoms with Crippen molar-refractivity contribution in [1.29, 1.82) is 0 Å². The summed E-state index contributed by atoms with van der Waals surface area (Å²) in [6, 6.07) is 100. The zero-order valence-corrected chi connectivity index (χ0v) is 55.0. The van der Waals surface area contributed by atoms with Gasteiger partial charge in [-0.2, -0.15) is 0 Å². The van der Waals surface area contributed by atoms with Crippen LogP contribution in [0.4, 0.5) is 11.4 Å². The van der Waals surface area contributed by atoms with Gasteiger partial charge in [0.2, 0.25) is 0 Å². The Balaban J connectivity index is 0.945. The Labute approximate surface area is 531 Å². The van der Waals surface area contributed by atoms with Crippen LogP contribution in [0, 0.1) is 0 Å². The van der Waals surface area contributed by atoms with E-state index < -0.39 is 13.3 Å². The first-order valence-corrected chi connectivity index (χ1v) is 35.9. The SMILES string of the molecule is CC(C)(C)c1cc(-c2cccc3c4ccccc4c4ccccc4c4cccc5c4n(c23)CN5c2cccc(Oc3ccc4c5cc(C(C)(C)C)ccc5n(-c5cc(C(C)(C)C)ccn5)c4c3)c2)c[c]([Ge]([c]2ccccc2)([c]2ccccc2)[c]2ccccc2)c1. The Morgan fingerprint density at radius 2 is 0.900 bits per heavy atom. The molecule has 14 aromatic rings. The fourth-order valence-electron chi connectivity index (χ4n) is 14.3. The van der Waals surface area contributed by atoms with E-state index >= 15 is 0 Å². The Hall–Kier alpha value is -9.69. The van der Waals surface area contributed by atoms with Crippen molar-refractivity contribution in [2.75, 3.05) is 4.90 Å². The molecule has 0 unspecified atom stereocenters. The molecule has 0 bridgehead atoms. The minimum absolute atomic E-state index is 0.0153. The third-order valence-electron chi connectivity index (χ3n) is 18.9. The fraction of sp³-hybridized carbons (Fsp3) is 0.155. The van der Waals surface area contributed by atoms with Gasteiger partial charge in [0.05, 0.1) is 11.0 Å².